The fraction of sp³-hybridized carbons (Fsp3) is 0.643. The molecule has 0 spiro atoms. The summed E-state index contributed by atoms with van der Waals surface area (Å²) in [7, 11) is 0. The fourth-order valence-corrected chi connectivity index (χ4v) is 1.69. The minimum atomic E-state index is -1.20. The molecule has 3 unspecified atom stereocenters. The molecule has 0 aliphatic rings. The van der Waals surface area contributed by atoms with E-state index in [2.05, 4.69) is 0 Å². The van der Waals surface area contributed by atoms with Crippen molar-refractivity contribution in [3.8, 4) is 0 Å². The van der Waals surface area contributed by atoms with E-state index in [9.17, 15) is 24.0 Å². The summed E-state index contributed by atoms with van der Waals surface area (Å²) in [5, 5.41) is 0. The number of hydrogen-bond donors (Lipinski definition) is 0. The summed E-state index contributed by atoms with van der Waals surface area (Å²) < 4.78 is 19.5. The summed E-state index contributed by atoms with van der Waals surface area (Å²) in [5.41, 5.74) is 0. The fourth-order valence-electron chi connectivity index (χ4n) is 1.69. The van der Waals surface area contributed by atoms with Gasteiger partial charge in [-0.05, 0) is 0 Å². The first-order chi connectivity index (χ1) is 10.6. The van der Waals surface area contributed by atoms with E-state index in [4.69, 9.17) is 18.9 Å². The standard InChI is InChI=1S/C14H20O9/c1-8(16)20-7-14(23-11(4)19)13(22-10(3)18)5-12(6-15)21-9(2)17/h6,12-14H,5,7H2,1-4H3. The van der Waals surface area contributed by atoms with E-state index in [1.165, 1.54) is 0 Å². The van der Waals surface area contributed by atoms with Gasteiger partial charge in [0.05, 0.1) is 0 Å². The van der Waals surface area contributed by atoms with E-state index in [0.717, 1.165) is 27.7 Å². The van der Waals surface area contributed by atoms with Crippen molar-refractivity contribution in [1.29, 1.82) is 0 Å². The molecule has 0 rings (SSSR count). The average molecular weight is 332 g/mol. The van der Waals surface area contributed by atoms with Crippen LogP contribution in [0.15, 0.2) is 0 Å². The van der Waals surface area contributed by atoms with Crippen molar-refractivity contribution in [2.24, 2.45) is 0 Å². The van der Waals surface area contributed by atoms with Gasteiger partial charge in [0.2, 0.25) is 0 Å². The SMILES string of the molecule is CC(=O)OCC(OC(C)=O)C(CC(C=O)OC(C)=O)OC(C)=O. The highest BCUT2D eigenvalue weighted by Gasteiger charge is 2.32. The molecule has 0 N–H and O–H groups in total. The molecule has 23 heavy (non-hydrogen) atoms. The van der Waals surface area contributed by atoms with Crippen molar-refractivity contribution in [2.45, 2.75) is 52.4 Å². The van der Waals surface area contributed by atoms with Gasteiger partial charge in [0.1, 0.15) is 12.7 Å². The van der Waals surface area contributed by atoms with Crippen LogP contribution in [0.4, 0.5) is 0 Å². The Kier molecular flexibility index (Phi) is 9.21. The van der Waals surface area contributed by atoms with Gasteiger partial charge in [0, 0.05) is 34.1 Å². The van der Waals surface area contributed by atoms with Crippen molar-refractivity contribution < 1.29 is 42.9 Å². The van der Waals surface area contributed by atoms with Crippen molar-refractivity contribution in [3.63, 3.8) is 0 Å². The number of hydrogen-bond acceptors (Lipinski definition) is 9. The maximum Gasteiger partial charge on any atom is 0.303 e. The Hall–Kier alpha value is -2.45. The monoisotopic (exact) mass is 332 g/mol. The van der Waals surface area contributed by atoms with Crippen LogP contribution >= 0.6 is 0 Å². The second kappa shape index (κ2) is 10.3. The van der Waals surface area contributed by atoms with E-state index >= 15 is 0 Å². The van der Waals surface area contributed by atoms with Gasteiger partial charge in [0.25, 0.3) is 0 Å². The van der Waals surface area contributed by atoms with Crippen LogP contribution in [0.25, 0.3) is 0 Å². The lowest BCUT2D eigenvalue weighted by Gasteiger charge is -2.27. The first-order valence-corrected chi connectivity index (χ1v) is 6.76. The van der Waals surface area contributed by atoms with E-state index in [1.54, 1.807) is 0 Å². The highest BCUT2D eigenvalue weighted by atomic mass is 16.6. The molecule has 0 aliphatic carbocycles. The normalized spacial score (nSPS) is 13.9. The number of carbonyl (C=O) groups is 5. The number of carbonyl (C=O) groups excluding carboxylic acids is 5. The molecule has 9 heteroatoms. The number of esters is 4. The second-order valence-electron chi connectivity index (χ2n) is 4.62. The van der Waals surface area contributed by atoms with Crippen LogP contribution < -0.4 is 0 Å². The summed E-state index contributed by atoms with van der Waals surface area (Å²) in [5.74, 6) is -2.74. The predicted octanol–water partition coefficient (Wildman–Crippen LogP) is -0.0664. The van der Waals surface area contributed by atoms with Crippen LogP contribution in [0, 0.1) is 0 Å². The quantitative estimate of drug-likeness (QED) is 0.324. The zero-order valence-corrected chi connectivity index (χ0v) is 13.4. The Balaban J connectivity index is 5.17. The van der Waals surface area contributed by atoms with Gasteiger partial charge in [-0.3, -0.25) is 24.0 Å². The highest BCUT2D eigenvalue weighted by molar-refractivity contribution is 5.70. The van der Waals surface area contributed by atoms with Gasteiger partial charge in [-0.25, -0.2) is 0 Å². The Morgan fingerprint density at radius 3 is 1.65 bits per heavy atom. The average Bonchev–Trinajstić information content (AvgIpc) is 2.40. The molecule has 0 bridgehead atoms. The third-order valence-corrected chi connectivity index (χ3v) is 2.43. The second-order valence-corrected chi connectivity index (χ2v) is 4.62. The highest BCUT2D eigenvalue weighted by Crippen LogP contribution is 2.14. The summed E-state index contributed by atoms with van der Waals surface area (Å²) >= 11 is 0. The van der Waals surface area contributed by atoms with Crippen LogP contribution in [0.2, 0.25) is 0 Å². The van der Waals surface area contributed by atoms with E-state index in [-0.39, 0.29) is 13.0 Å². The first-order valence-electron chi connectivity index (χ1n) is 6.76. The molecule has 0 aliphatic heterocycles. The Labute approximate surface area is 133 Å². The summed E-state index contributed by atoms with van der Waals surface area (Å²) in [4.78, 5) is 55.2. The first kappa shape index (κ1) is 20.6. The third-order valence-electron chi connectivity index (χ3n) is 2.43. The number of ether oxygens (including phenoxy) is 4. The summed E-state index contributed by atoms with van der Waals surface area (Å²) in [6.07, 6.45) is -3.37. The van der Waals surface area contributed by atoms with Gasteiger partial charge < -0.3 is 18.9 Å². The lowest BCUT2D eigenvalue weighted by Crippen LogP contribution is -2.41. The Morgan fingerprint density at radius 1 is 0.783 bits per heavy atom. The Morgan fingerprint density at radius 2 is 1.26 bits per heavy atom. The molecular weight excluding hydrogens is 312 g/mol. The van der Waals surface area contributed by atoms with Crippen molar-refractivity contribution in [3.05, 3.63) is 0 Å². The molecule has 0 aromatic carbocycles. The van der Waals surface area contributed by atoms with Crippen LogP contribution in [0.5, 0.6) is 0 Å². The van der Waals surface area contributed by atoms with Crippen LogP contribution in [-0.4, -0.2) is 55.1 Å². The lowest BCUT2D eigenvalue weighted by molar-refractivity contribution is -0.177. The maximum absolute atomic E-state index is 11.2. The minimum absolute atomic E-state index is 0.248. The van der Waals surface area contributed by atoms with E-state index in [0.29, 0.717) is 6.29 Å². The number of aldehydes is 1. The molecule has 0 saturated heterocycles. The molecule has 130 valence electrons. The third kappa shape index (κ3) is 9.99. The zero-order chi connectivity index (χ0) is 18.0. The summed E-state index contributed by atoms with van der Waals surface area (Å²) in [6.45, 7) is 4.12. The van der Waals surface area contributed by atoms with Gasteiger partial charge in [-0.2, -0.15) is 0 Å². The van der Waals surface area contributed by atoms with Crippen LogP contribution in [0.1, 0.15) is 34.1 Å². The largest absolute Gasteiger partial charge is 0.462 e. The molecule has 0 fully saturated rings. The predicted molar refractivity (Wildman–Crippen MR) is 74.0 cm³/mol. The molecule has 9 nitrogen and oxygen atoms in total. The molecule has 0 amide bonds. The molecular formula is C14H20O9. The molecule has 0 saturated carbocycles. The summed E-state index contributed by atoms with van der Waals surface area (Å²) in [6, 6.07) is 0. The van der Waals surface area contributed by atoms with Crippen LogP contribution in [0.3, 0.4) is 0 Å². The lowest BCUT2D eigenvalue weighted by atomic mass is 10.1. The molecule has 0 aromatic heterocycles. The molecule has 0 aromatic rings. The van der Waals surface area contributed by atoms with Crippen molar-refractivity contribution >= 4 is 30.2 Å². The zero-order valence-electron chi connectivity index (χ0n) is 13.4. The van der Waals surface area contributed by atoms with E-state index in [1.807, 2.05) is 0 Å². The van der Waals surface area contributed by atoms with Crippen LogP contribution in [-0.2, 0) is 42.9 Å². The van der Waals surface area contributed by atoms with Gasteiger partial charge in [0.15, 0.2) is 18.5 Å². The smallest absolute Gasteiger partial charge is 0.303 e. The Bertz CT molecular complexity index is 457. The maximum atomic E-state index is 11.2. The molecule has 3 atom stereocenters. The van der Waals surface area contributed by atoms with E-state index < -0.39 is 42.2 Å². The van der Waals surface area contributed by atoms with Crippen molar-refractivity contribution in [1.82, 2.24) is 0 Å². The molecule has 0 heterocycles. The molecule has 0 radical (unpaired) electrons. The van der Waals surface area contributed by atoms with Gasteiger partial charge in [-0.1, -0.05) is 0 Å². The van der Waals surface area contributed by atoms with Crippen molar-refractivity contribution in [2.75, 3.05) is 6.61 Å². The topological polar surface area (TPSA) is 122 Å². The van der Waals surface area contributed by atoms with Gasteiger partial charge >= 0.3 is 23.9 Å². The van der Waals surface area contributed by atoms with Gasteiger partial charge in [-0.15, -0.1) is 0 Å². The number of rotatable bonds is 9. The minimum Gasteiger partial charge on any atom is -0.462 e.